The summed E-state index contributed by atoms with van der Waals surface area (Å²) in [7, 11) is 4.14. The van der Waals surface area contributed by atoms with Crippen LogP contribution in [0.2, 0.25) is 0 Å². The van der Waals surface area contributed by atoms with Gasteiger partial charge in [0.05, 0.1) is 0 Å². The first-order chi connectivity index (χ1) is 7.54. The fourth-order valence-electron chi connectivity index (χ4n) is 1.86. The molecule has 1 aromatic carbocycles. The van der Waals surface area contributed by atoms with Gasteiger partial charge in [0.1, 0.15) is 0 Å². The number of benzene rings is 1. The molecule has 0 aliphatic carbocycles. The lowest BCUT2D eigenvalue weighted by atomic mass is 10.0. The zero-order chi connectivity index (χ0) is 12.1. The first-order valence-corrected chi connectivity index (χ1v) is 6.08. The molecule has 0 radical (unpaired) electrons. The fourth-order valence-corrected chi connectivity index (χ4v) is 1.86. The number of nitrogens with zero attached hydrogens (tertiary/aromatic N) is 1. The van der Waals surface area contributed by atoms with Gasteiger partial charge in [0, 0.05) is 31.9 Å². The van der Waals surface area contributed by atoms with Crippen molar-refractivity contribution in [3.05, 3.63) is 29.8 Å². The van der Waals surface area contributed by atoms with Crippen LogP contribution in [-0.2, 0) is 0 Å². The van der Waals surface area contributed by atoms with Crippen LogP contribution in [0.25, 0.3) is 0 Å². The maximum atomic E-state index is 3.58. The lowest BCUT2D eigenvalue weighted by Gasteiger charge is -2.21. The van der Waals surface area contributed by atoms with E-state index in [1.165, 1.54) is 11.3 Å². The summed E-state index contributed by atoms with van der Waals surface area (Å²) in [6.07, 6.45) is 1.12. The Kier molecular flexibility index (Phi) is 4.81. The minimum absolute atomic E-state index is 0.469. The molecule has 1 rings (SSSR count). The van der Waals surface area contributed by atoms with Crippen molar-refractivity contribution in [2.24, 2.45) is 0 Å². The zero-order valence-electron chi connectivity index (χ0n) is 11.1. The predicted molar refractivity (Wildman–Crippen MR) is 72.1 cm³/mol. The summed E-state index contributed by atoms with van der Waals surface area (Å²) in [6.45, 7) is 6.60. The zero-order valence-corrected chi connectivity index (χ0v) is 11.1. The Hall–Kier alpha value is -1.02. The second kappa shape index (κ2) is 5.90. The normalized spacial score (nSPS) is 12.9. The van der Waals surface area contributed by atoms with Gasteiger partial charge in [-0.15, -0.1) is 0 Å². The van der Waals surface area contributed by atoms with Crippen LogP contribution in [0.4, 0.5) is 5.69 Å². The quantitative estimate of drug-likeness (QED) is 0.819. The Bertz CT molecular complexity index is 301. The Morgan fingerprint density at radius 3 is 2.06 bits per heavy atom. The van der Waals surface area contributed by atoms with Gasteiger partial charge in [-0.2, -0.15) is 0 Å². The molecule has 2 nitrogen and oxygen atoms in total. The number of hydrogen-bond donors (Lipinski definition) is 1. The van der Waals surface area contributed by atoms with Gasteiger partial charge in [0.25, 0.3) is 0 Å². The average Bonchev–Trinajstić information content (AvgIpc) is 2.25. The maximum Gasteiger partial charge on any atom is 0.0361 e. The van der Waals surface area contributed by atoms with Gasteiger partial charge in [-0.25, -0.2) is 0 Å². The van der Waals surface area contributed by atoms with Crippen molar-refractivity contribution < 1.29 is 0 Å². The highest BCUT2D eigenvalue weighted by Crippen LogP contribution is 2.20. The topological polar surface area (TPSA) is 15.3 Å². The van der Waals surface area contributed by atoms with Crippen LogP contribution in [0.5, 0.6) is 0 Å². The van der Waals surface area contributed by atoms with E-state index in [1.807, 2.05) is 0 Å². The van der Waals surface area contributed by atoms with Gasteiger partial charge < -0.3 is 10.2 Å². The summed E-state index contributed by atoms with van der Waals surface area (Å²) in [5.41, 5.74) is 2.63. The van der Waals surface area contributed by atoms with Crippen molar-refractivity contribution in [1.29, 1.82) is 0 Å². The third-order valence-corrected chi connectivity index (χ3v) is 2.75. The molecule has 0 aliphatic heterocycles. The van der Waals surface area contributed by atoms with Crippen LogP contribution in [-0.4, -0.2) is 20.1 Å². The fraction of sp³-hybridized carbons (Fsp3) is 0.571. The number of anilines is 1. The van der Waals surface area contributed by atoms with Crippen molar-refractivity contribution in [3.63, 3.8) is 0 Å². The molecule has 0 saturated carbocycles. The van der Waals surface area contributed by atoms with Crippen LogP contribution < -0.4 is 10.2 Å². The summed E-state index contributed by atoms with van der Waals surface area (Å²) < 4.78 is 0. The molecule has 1 aromatic rings. The number of rotatable bonds is 5. The monoisotopic (exact) mass is 220 g/mol. The highest BCUT2D eigenvalue weighted by atomic mass is 15.1. The molecule has 0 saturated heterocycles. The van der Waals surface area contributed by atoms with E-state index in [4.69, 9.17) is 0 Å². The van der Waals surface area contributed by atoms with Crippen LogP contribution >= 0.6 is 0 Å². The molecule has 1 atom stereocenters. The molecule has 0 bridgehead atoms. The summed E-state index contributed by atoms with van der Waals surface area (Å²) in [4.78, 5) is 2.13. The van der Waals surface area contributed by atoms with E-state index in [2.05, 4.69) is 69.3 Å². The summed E-state index contributed by atoms with van der Waals surface area (Å²) in [6, 6.07) is 9.80. The Labute approximate surface area is 99.7 Å². The van der Waals surface area contributed by atoms with E-state index in [0.29, 0.717) is 12.1 Å². The van der Waals surface area contributed by atoms with Crippen molar-refractivity contribution in [2.45, 2.75) is 39.3 Å². The summed E-state index contributed by atoms with van der Waals surface area (Å²) in [5, 5.41) is 3.58. The molecule has 0 aliphatic rings. The Morgan fingerprint density at radius 2 is 1.69 bits per heavy atom. The van der Waals surface area contributed by atoms with E-state index in [9.17, 15) is 0 Å². The molecule has 0 fully saturated rings. The molecular weight excluding hydrogens is 196 g/mol. The van der Waals surface area contributed by atoms with E-state index < -0.39 is 0 Å². The molecule has 0 amide bonds. The molecule has 0 spiro atoms. The summed E-state index contributed by atoms with van der Waals surface area (Å²) >= 11 is 0. The molecule has 90 valence electrons. The predicted octanol–water partition coefficient (Wildman–Crippen LogP) is 3.20. The maximum absolute atomic E-state index is 3.58. The van der Waals surface area contributed by atoms with E-state index in [1.54, 1.807) is 0 Å². The van der Waals surface area contributed by atoms with Crippen molar-refractivity contribution in [1.82, 2.24) is 5.32 Å². The van der Waals surface area contributed by atoms with E-state index >= 15 is 0 Å². The Balaban J connectivity index is 2.78. The van der Waals surface area contributed by atoms with Gasteiger partial charge >= 0.3 is 0 Å². The average molecular weight is 220 g/mol. The lowest BCUT2D eigenvalue weighted by Crippen LogP contribution is -2.27. The molecular formula is C14H24N2. The largest absolute Gasteiger partial charge is 0.378 e. The smallest absolute Gasteiger partial charge is 0.0361 e. The van der Waals surface area contributed by atoms with Crippen LogP contribution in [0, 0.1) is 0 Å². The van der Waals surface area contributed by atoms with Crippen molar-refractivity contribution in [3.8, 4) is 0 Å². The molecule has 0 heterocycles. The molecule has 0 aromatic heterocycles. The Morgan fingerprint density at radius 1 is 1.12 bits per heavy atom. The second-order valence-electron chi connectivity index (χ2n) is 4.77. The van der Waals surface area contributed by atoms with Gasteiger partial charge in [-0.3, -0.25) is 0 Å². The third kappa shape index (κ3) is 3.53. The van der Waals surface area contributed by atoms with Crippen LogP contribution in [0.3, 0.4) is 0 Å². The molecule has 16 heavy (non-hydrogen) atoms. The van der Waals surface area contributed by atoms with Gasteiger partial charge in [0.2, 0.25) is 0 Å². The van der Waals surface area contributed by atoms with Gasteiger partial charge in [-0.05, 0) is 24.1 Å². The standard InChI is InChI=1S/C14H24N2/c1-6-14(15-11(2)3)12-7-9-13(10-8-12)16(4)5/h7-11,14-15H,6H2,1-5H3. The van der Waals surface area contributed by atoms with Crippen LogP contribution in [0.15, 0.2) is 24.3 Å². The third-order valence-electron chi connectivity index (χ3n) is 2.75. The SMILES string of the molecule is CCC(NC(C)C)c1ccc(N(C)C)cc1. The molecule has 2 heteroatoms. The van der Waals surface area contributed by atoms with Gasteiger partial charge in [-0.1, -0.05) is 32.9 Å². The van der Waals surface area contributed by atoms with E-state index in [0.717, 1.165) is 6.42 Å². The highest BCUT2D eigenvalue weighted by molar-refractivity contribution is 5.46. The van der Waals surface area contributed by atoms with E-state index in [-0.39, 0.29) is 0 Å². The summed E-state index contributed by atoms with van der Waals surface area (Å²) in [5.74, 6) is 0. The first kappa shape index (κ1) is 13.0. The number of hydrogen-bond acceptors (Lipinski definition) is 2. The first-order valence-electron chi connectivity index (χ1n) is 6.08. The van der Waals surface area contributed by atoms with Crippen molar-refractivity contribution in [2.75, 3.05) is 19.0 Å². The number of nitrogens with one attached hydrogen (secondary N) is 1. The minimum atomic E-state index is 0.469. The highest BCUT2D eigenvalue weighted by Gasteiger charge is 2.09. The van der Waals surface area contributed by atoms with Gasteiger partial charge in [0.15, 0.2) is 0 Å². The lowest BCUT2D eigenvalue weighted by molar-refractivity contribution is 0.466. The van der Waals surface area contributed by atoms with Crippen LogP contribution in [0.1, 0.15) is 38.8 Å². The van der Waals surface area contributed by atoms with Crippen molar-refractivity contribution >= 4 is 5.69 Å². The molecule has 1 N–H and O–H groups in total. The minimum Gasteiger partial charge on any atom is -0.378 e. The second-order valence-corrected chi connectivity index (χ2v) is 4.77. The molecule has 1 unspecified atom stereocenters.